The lowest BCUT2D eigenvalue weighted by atomic mass is 9.62. The van der Waals surface area contributed by atoms with E-state index < -0.39 is 0 Å². The van der Waals surface area contributed by atoms with Gasteiger partial charge in [-0.05, 0) is 54.2 Å². The number of phenols is 1. The van der Waals surface area contributed by atoms with Gasteiger partial charge in [-0.3, -0.25) is 0 Å². The van der Waals surface area contributed by atoms with Gasteiger partial charge in [0, 0.05) is 23.0 Å². The lowest BCUT2D eigenvalue weighted by molar-refractivity contribution is 0.119. The highest BCUT2D eigenvalue weighted by Gasteiger charge is 2.53. The fourth-order valence-electron chi connectivity index (χ4n) is 5.10. The summed E-state index contributed by atoms with van der Waals surface area (Å²) in [7, 11) is 0. The van der Waals surface area contributed by atoms with E-state index in [9.17, 15) is 10.2 Å². The van der Waals surface area contributed by atoms with Crippen LogP contribution < -0.4 is 4.74 Å². The molecule has 0 radical (unpaired) electrons. The molecule has 2 N–H and O–H groups in total. The van der Waals surface area contributed by atoms with Crippen LogP contribution in [0.3, 0.4) is 0 Å². The molecule has 0 fully saturated rings. The van der Waals surface area contributed by atoms with Crippen LogP contribution in [0, 0.1) is 5.92 Å². The summed E-state index contributed by atoms with van der Waals surface area (Å²) in [4.78, 5) is 0. The first-order valence-electron chi connectivity index (χ1n) is 10.3. The highest BCUT2D eigenvalue weighted by Crippen LogP contribution is 2.57. The second-order valence-corrected chi connectivity index (χ2v) is 7.56. The molecule has 3 aliphatic rings. The molecule has 0 bridgehead atoms. The molecule has 5 rings (SSSR count). The molecule has 146 valence electrons. The van der Waals surface area contributed by atoms with E-state index in [4.69, 9.17) is 4.74 Å². The molecule has 0 amide bonds. The maximum atomic E-state index is 9.99. The zero-order valence-corrected chi connectivity index (χ0v) is 16.8. The van der Waals surface area contributed by atoms with Crippen LogP contribution in [0.2, 0.25) is 0 Å². The van der Waals surface area contributed by atoms with E-state index in [1.807, 2.05) is 19.9 Å². The minimum absolute atomic E-state index is 0.129. The van der Waals surface area contributed by atoms with E-state index in [2.05, 4.69) is 31.2 Å². The first kappa shape index (κ1) is 18.7. The third-order valence-electron chi connectivity index (χ3n) is 6.29. The quantitative estimate of drug-likeness (QED) is 0.681. The van der Waals surface area contributed by atoms with E-state index in [1.165, 1.54) is 16.7 Å². The molecule has 2 aromatic carbocycles. The van der Waals surface area contributed by atoms with Crippen LogP contribution in [0.4, 0.5) is 0 Å². The lowest BCUT2D eigenvalue weighted by Crippen LogP contribution is -2.47. The Morgan fingerprint density at radius 2 is 1.86 bits per heavy atom. The highest BCUT2D eigenvalue weighted by molar-refractivity contribution is 5.59. The number of ether oxygens (including phenoxy) is 1. The van der Waals surface area contributed by atoms with Crippen molar-refractivity contribution >= 4 is 0 Å². The van der Waals surface area contributed by atoms with Crippen molar-refractivity contribution in [1.82, 2.24) is 0 Å². The minimum atomic E-state index is -0.230. The molecule has 2 aliphatic carbocycles. The van der Waals surface area contributed by atoms with Crippen LogP contribution in [0.1, 0.15) is 49.4 Å². The van der Waals surface area contributed by atoms with Crippen molar-refractivity contribution in [2.45, 2.75) is 51.6 Å². The van der Waals surface area contributed by atoms with Crippen LogP contribution in [-0.4, -0.2) is 16.3 Å². The first-order valence-corrected chi connectivity index (χ1v) is 10.3. The smallest absolute Gasteiger partial charge is 0.128 e. The van der Waals surface area contributed by atoms with Crippen molar-refractivity contribution in [2.75, 3.05) is 0 Å². The molecular weight excluding hydrogens is 348 g/mol. The summed E-state index contributed by atoms with van der Waals surface area (Å²) in [6.07, 6.45) is 8.53. The normalized spacial score (nSPS) is 26.3. The summed E-state index contributed by atoms with van der Waals surface area (Å²) in [5.41, 5.74) is 5.10. The molecule has 3 atom stereocenters. The van der Waals surface area contributed by atoms with Gasteiger partial charge < -0.3 is 14.9 Å². The zero-order chi connectivity index (χ0) is 19.9. The second-order valence-electron chi connectivity index (χ2n) is 7.56. The standard InChI is InChI=1S/C23H22O3.C2H6/c1-2-14-3-6-18-15(11-14)9-10-23(18)19-7-4-16(24)12-21(19)26-22-13-17(25)5-8-20(22)23;1-2/h3-8,11-13,19,21,24-25H,2,9-10H2,1H3;1-2H3. The molecule has 0 saturated carbocycles. The number of fused-ring (bicyclic) bond motifs is 6. The van der Waals surface area contributed by atoms with Gasteiger partial charge in [-0.2, -0.15) is 0 Å². The zero-order valence-electron chi connectivity index (χ0n) is 16.8. The number of rotatable bonds is 1. The fraction of sp³-hybridized carbons (Fsp3) is 0.360. The molecule has 3 nitrogen and oxygen atoms in total. The molecule has 1 heterocycles. The SMILES string of the molecule is CC.CCc1ccc2c(c1)CCC21c2ccc(O)cc2OC2C=C(O)C=CC21. The Morgan fingerprint density at radius 1 is 1.07 bits per heavy atom. The molecule has 3 unspecified atom stereocenters. The van der Waals surface area contributed by atoms with Crippen molar-refractivity contribution in [1.29, 1.82) is 0 Å². The summed E-state index contributed by atoms with van der Waals surface area (Å²) in [5.74, 6) is 1.29. The fourth-order valence-corrected chi connectivity index (χ4v) is 5.10. The van der Waals surface area contributed by atoms with Crippen molar-refractivity contribution in [3.05, 3.63) is 82.6 Å². The Kier molecular flexibility index (Phi) is 4.70. The van der Waals surface area contributed by atoms with Crippen LogP contribution in [0.15, 0.2) is 60.4 Å². The average Bonchev–Trinajstić information content (AvgIpc) is 3.08. The van der Waals surface area contributed by atoms with Crippen molar-refractivity contribution < 1.29 is 14.9 Å². The lowest BCUT2D eigenvalue weighted by Gasteiger charge is -2.46. The van der Waals surface area contributed by atoms with Gasteiger partial charge in [0.25, 0.3) is 0 Å². The Labute approximate surface area is 167 Å². The predicted octanol–water partition coefficient (Wildman–Crippen LogP) is 5.60. The van der Waals surface area contributed by atoms with Crippen molar-refractivity contribution in [3.63, 3.8) is 0 Å². The number of aliphatic hydroxyl groups is 1. The molecule has 0 aromatic heterocycles. The Morgan fingerprint density at radius 3 is 2.64 bits per heavy atom. The predicted molar refractivity (Wildman–Crippen MR) is 112 cm³/mol. The molecule has 1 aliphatic heterocycles. The Hall–Kier alpha value is -2.68. The van der Waals surface area contributed by atoms with E-state index in [1.54, 1.807) is 24.3 Å². The van der Waals surface area contributed by atoms with E-state index in [-0.39, 0.29) is 28.9 Å². The van der Waals surface area contributed by atoms with Gasteiger partial charge in [0.15, 0.2) is 0 Å². The van der Waals surface area contributed by atoms with Gasteiger partial charge in [0.05, 0.1) is 0 Å². The maximum absolute atomic E-state index is 9.99. The summed E-state index contributed by atoms with van der Waals surface area (Å²) in [6.45, 7) is 6.19. The number of aryl methyl sites for hydroxylation is 2. The average molecular weight is 376 g/mol. The van der Waals surface area contributed by atoms with E-state index in [0.29, 0.717) is 0 Å². The number of benzene rings is 2. The number of allylic oxidation sites excluding steroid dienone is 1. The number of aliphatic hydroxyl groups excluding tert-OH is 1. The molecule has 1 spiro atoms. The number of phenolic OH excluding ortho intramolecular Hbond substituents is 1. The monoisotopic (exact) mass is 376 g/mol. The van der Waals surface area contributed by atoms with Crippen LogP contribution in [0.5, 0.6) is 11.5 Å². The van der Waals surface area contributed by atoms with Gasteiger partial charge in [-0.1, -0.05) is 51.1 Å². The molecule has 2 aromatic rings. The summed E-state index contributed by atoms with van der Waals surface area (Å²) in [5, 5.41) is 20.0. The van der Waals surface area contributed by atoms with Gasteiger partial charge in [0.1, 0.15) is 23.4 Å². The van der Waals surface area contributed by atoms with Gasteiger partial charge in [0.2, 0.25) is 0 Å². The largest absolute Gasteiger partial charge is 0.508 e. The first-order chi connectivity index (χ1) is 13.6. The summed E-state index contributed by atoms with van der Waals surface area (Å²) in [6, 6.07) is 12.3. The Balaban J connectivity index is 0.000000932. The number of aromatic hydroxyl groups is 1. The van der Waals surface area contributed by atoms with Crippen molar-refractivity contribution in [3.8, 4) is 11.5 Å². The second kappa shape index (κ2) is 7.05. The molecule has 3 heteroatoms. The van der Waals surface area contributed by atoms with E-state index in [0.717, 1.165) is 30.6 Å². The minimum Gasteiger partial charge on any atom is -0.508 e. The van der Waals surface area contributed by atoms with Crippen LogP contribution >= 0.6 is 0 Å². The molecular formula is C25H28O3. The number of hydrogen-bond donors (Lipinski definition) is 2. The Bertz CT molecular complexity index is 956. The third kappa shape index (κ3) is 2.64. The van der Waals surface area contributed by atoms with Gasteiger partial charge in [-0.25, -0.2) is 0 Å². The van der Waals surface area contributed by atoms with Crippen LogP contribution in [0.25, 0.3) is 0 Å². The third-order valence-corrected chi connectivity index (χ3v) is 6.29. The van der Waals surface area contributed by atoms with Crippen molar-refractivity contribution in [2.24, 2.45) is 5.92 Å². The van der Waals surface area contributed by atoms with Gasteiger partial charge >= 0.3 is 0 Å². The van der Waals surface area contributed by atoms with Gasteiger partial charge in [-0.15, -0.1) is 0 Å². The maximum Gasteiger partial charge on any atom is 0.128 e. The highest BCUT2D eigenvalue weighted by atomic mass is 16.5. The molecule has 28 heavy (non-hydrogen) atoms. The summed E-state index contributed by atoms with van der Waals surface area (Å²) < 4.78 is 6.19. The van der Waals surface area contributed by atoms with E-state index >= 15 is 0 Å². The molecule has 0 saturated heterocycles. The topological polar surface area (TPSA) is 49.7 Å². The van der Waals surface area contributed by atoms with Crippen LogP contribution in [-0.2, 0) is 18.3 Å². The number of hydrogen-bond acceptors (Lipinski definition) is 3. The summed E-state index contributed by atoms with van der Waals surface area (Å²) >= 11 is 0.